The minimum absolute atomic E-state index is 0.329. The van der Waals surface area contributed by atoms with Crippen LogP contribution in [-0.2, 0) is 13.1 Å². The summed E-state index contributed by atoms with van der Waals surface area (Å²) in [5, 5.41) is 0.383. The van der Waals surface area contributed by atoms with E-state index in [1.165, 1.54) is 15.3 Å². The van der Waals surface area contributed by atoms with Gasteiger partial charge in [-0.25, -0.2) is 9.78 Å². The summed E-state index contributed by atoms with van der Waals surface area (Å²) < 4.78 is 2.66. The highest BCUT2D eigenvalue weighted by molar-refractivity contribution is 5.77. The third-order valence-electron chi connectivity index (χ3n) is 2.71. The normalized spacial score (nSPS) is 10.9. The molecule has 0 aliphatic carbocycles. The Morgan fingerprint density at radius 2 is 1.88 bits per heavy atom. The molecule has 0 fully saturated rings. The largest absolute Gasteiger partial charge is 0.397 e. The van der Waals surface area contributed by atoms with Crippen LogP contribution < -0.4 is 17.0 Å². The lowest BCUT2D eigenvalue weighted by Crippen LogP contribution is -2.39. The van der Waals surface area contributed by atoms with Crippen molar-refractivity contribution in [2.75, 3.05) is 5.73 Å². The highest BCUT2D eigenvalue weighted by Crippen LogP contribution is 2.08. The maximum absolute atomic E-state index is 12.1. The van der Waals surface area contributed by atoms with Gasteiger partial charge < -0.3 is 5.73 Å². The van der Waals surface area contributed by atoms with Gasteiger partial charge in [0.2, 0.25) is 0 Å². The van der Waals surface area contributed by atoms with Crippen molar-refractivity contribution in [1.29, 1.82) is 0 Å². The number of aromatic nitrogens is 3. The summed E-state index contributed by atoms with van der Waals surface area (Å²) in [6, 6.07) is 1.56. The molecule has 0 spiro atoms. The van der Waals surface area contributed by atoms with E-state index < -0.39 is 0 Å². The molecule has 6 nitrogen and oxygen atoms in total. The fourth-order valence-corrected chi connectivity index (χ4v) is 1.88. The Labute approximate surface area is 97.3 Å². The molecular formula is C11H14N4O2. The van der Waals surface area contributed by atoms with Gasteiger partial charge in [0.25, 0.3) is 5.56 Å². The van der Waals surface area contributed by atoms with E-state index in [1.807, 2.05) is 6.92 Å². The molecule has 0 saturated heterocycles. The highest BCUT2D eigenvalue weighted by atomic mass is 16.2. The molecule has 0 aliphatic heterocycles. The van der Waals surface area contributed by atoms with Crippen LogP contribution in [0.4, 0.5) is 5.69 Å². The molecule has 0 atom stereocenters. The average Bonchev–Trinajstić information content (AvgIpc) is 2.31. The van der Waals surface area contributed by atoms with Crippen molar-refractivity contribution in [2.24, 2.45) is 0 Å². The fourth-order valence-electron chi connectivity index (χ4n) is 1.88. The summed E-state index contributed by atoms with van der Waals surface area (Å²) in [6.07, 6.45) is 1.45. The van der Waals surface area contributed by atoms with Crippen LogP contribution in [0.25, 0.3) is 11.0 Å². The van der Waals surface area contributed by atoms with Crippen LogP contribution in [0.2, 0.25) is 0 Å². The van der Waals surface area contributed by atoms with E-state index in [0.29, 0.717) is 29.8 Å². The van der Waals surface area contributed by atoms with Crippen LogP contribution in [0.3, 0.4) is 0 Å². The molecule has 0 radical (unpaired) electrons. The van der Waals surface area contributed by atoms with Crippen molar-refractivity contribution in [1.82, 2.24) is 14.1 Å². The summed E-state index contributed by atoms with van der Waals surface area (Å²) in [5.74, 6) is 0. The van der Waals surface area contributed by atoms with Crippen LogP contribution in [0, 0.1) is 0 Å². The number of hydrogen-bond acceptors (Lipinski definition) is 4. The molecule has 2 aromatic rings. The SMILES string of the molecule is CCn1c(=O)c2cc(N)cnc2n(CC)c1=O. The third-order valence-corrected chi connectivity index (χ3v) is 2.71. The Hall–Kier alpha value is -2.11. The Morgan fingerprint density at radius 1 is 1.24 bits per heavy atom. The van der Waals surface area contributed by atoms with Crippen molar-refractivity contribution in [3.05, 3.63) is 33.1 Å². The van der Waals surface area contributed by atoms with E-state index in [-0.39, 0.29) is 11.2 Å². The fraction of sp³-hybridized carbons (Fsp3) is 0.364. The number of nitrogens with two attached hydrogens (primary N) is 1. The topological polar surface area (TPSA) is 82.9 Å². The first-order chi connectivity index (χ1) is 8.10. The number of nitrogen functional groups attached to an aromatic ring is 1. The van der Waals surface area contributed by atoms with Crippen LogP contribution in [0.15, 0.2) is 21.9 Å². The van der Waals surface area contributed by atoms with Gasteiger partial charge in [0.1, 0.15) is 5.65 Å². The number of anilines is 1. The average molecular weight is 234 g/mol. The van der Waals surface area contributed by atoms with Crippen LogP contribution in [-0.4, -0.2) is 14.1 Å². The standard InChI is InChI=1S/C11H14N4O2/c1-3-14-9-8(5-7(12)6-13-9)10(16)15(4-2)11(14)17/h5-6H,3-4,12H2,1-2H3. The Bertz CT molecular complexity index is 684. The smallest absolute Gasteiger partial charge is 0.332 e. The maximum atomic E-state index is 12.1. The molecule has 2 N–H and O–H groups in total. The van der Waals surface area contributed by atoms with Crippen molar-refractivity contribution < 1.29 is 0 Å². The van der Waals surface area contributed by atoms with Gasteiger partial charge in [-0.15, -0.1) is 0 Å². The summed E-state index contributed by atoms with van der Waals surface area (Å²) in [7, 11) is 0. The Morgan fingerprint density at radius 3 is 2.47 bits per heavy atom. The van der Waals surface area contributed by atoms with Gasteiger partial charge in [0, 0.05) is 13.1 Å². The molecule has 0 amide bonds. The third kappa shape index (κ3) is 1.61. The molecule has 6 heteroatoms. The molecule has 2 rings (SSSR count). The molecule has 90 valence electrons. The molecule has 0 unspecified atom stereocenters. The lowest BCUT2D eigenvalue weighted by Gasteiger charge is -2.10. The predicted octanol–water partition coefficient (Wildman–Crippen LogP) is 0.180. The monoisotopic (exact) mass is 234 g/mol. The number of nitrogens with zero attached hydrogens (tertiary/aromatic N) is 3. The Balaban J connectivity index is 3.06. The van der Waals surface area contributed by atoms with E-state index in [2.05, 4.69) is 4.98 Å². The zero-order chi connectivity index (χ0) is 12.6. The van der Waals surface area contributed by atoms with Crippen molar-refractivity contribution in [3.63, 3.8) is 0 Å². The van der Waals surface area contributed by atoms with E-state index in [1.54, 1.807) is 13.0 Å². The zero-order valence-corrected chi connectivity index (χ0v) is 9.80. The van der Waals surface area contributed by atoms with E-state index in [9.17, 15) is 9.59 Å². The predicted molar refractivity (Wildman–Crippen MR) is 66.0 cm³/mol. The van der Waals surface area contributed by atoms with Crippen LogP contribution in [0.1, 0.15) is 13.8 Å². The second-order valence-electron chi connectivity index (χ2n) is 3.72. The molecule has 2 aromatic heterocycles. The van der Waals surface area contributed by atoms with Crippen molar-refractivity contribution >= 4 is 16.7 Å². The lowest BCUT2D eigenvalue weighted by atomic mass is 10.3. The van der Waals surface area contributed by atoms with Gasteiger partial charge >= 0.3 is 5.69 Å². The number of fused-ring (bicyclic) bond motifs is 1. The van der Waals surface area contributed by atoms with Gasteiger partial charge in [-0.2, -0.15) is 0 Å². The molecular weight excluding hydrogens is 220 g/mol. The number of hydrogen-bond donors (Lipinski definition) is 1. The summed E-state index contributed by atoms with van der Waals surface area (Å²) in [6.45, 7) is 4.40. The molecule has 0 aliphatic rings. The quantitative estimate of drug-likeness (QED) is 0.803. The number of rotatable bonds is 2. The first-order valence-electron chi connectivity index (χ1n) is 5.49. The minimum atomic E-state index is -0.336. The van der Waals surface area contributed by atoms with Crippen molar-refractivity contribution in [2.45, 2.75) is 26.9 Å². The zero-order valence-electron chi connectivity index (χ0n) is 9.80. The van der Waals surface area contributed by atoms with Crippen molar-refractivity contribution in [3.8, 4) is 0 Å². The van der Waals surface area contributed by atoms with Gasteiger partial charge in [0.05, 0.1) is 17.3 Å². The first kappa shape index (κ1) is 11.4. The second-order valence-corrected chi connectivity index (χ2v) is 3.72. The molecule has 0 bridgehead atoms. The van der Waals surface area contributed by atoms with E-state index in [0.717, 1.165) is 0 Å². The number of aryl methyl sites for hydroxylation is 1. The summed E-state index contributed by atoms with van der Waals surface area (Å²) >= 11 is 0. The summed E-state index contributed by atoms with van der Waals surface area (Å²) in [5.41, 5.74) is 5.76. The van der Waals surface area contributed by atoms with E-state index >= 15 is 0 Å². The summed E-state index contributed by atoms with van der Waals surface area (Å²) in [4.78, 5) is 28.1. The molecule has 17 heavy (non-hydrogen) atoms. The van der Waals surface area contributed by atoms with Crippen LogP contribution >= 0.6 is 0 Å². The molecule has 2 heterocycles. The van der Waals surface area contributed by atoms with Gasteiger partial charge in [-0.3, -0.25) is 13.9 Å². The maximum Gasteiger partial charge on any atom is 0.332 e. The van der Waals surface area contributed by atoms with Crippen LogP contribution in [0.5, 0.6) is 0 Å². The van der Waals surface area contributed by atoms with Gasteiger partial charge in [0.15, 0.2) is 0 Å². The van der Waals surface area contributed by atoms with Gasteiger partial charge in [-0.05, 0) is 19.9 Å². The molecule has 0 saturated carbocycles. The first-order valence-corrected chi connectivity index (χ1v) is 5.49. The second kappa shape index (κ2) is 4.04. The number of pyridine rings is 1. The highest BCUT2D eigenvalue weighted by Gasteiger charge is 2.11. The van der Waals surface area contributed by atoms with E-state index in [4.69, 9.17) is 5.73 Å². The Kier molecular flexibility index (Phi) is 2.71. The molecule has 0 aromatic carbocycles. The minimum Gasteiger partial charge on any atom is -0.397 e. The van der Waals surface area contributed by atoms with Gasteiger partial charge in [-0.1, -0.05) is 0 Å². The lowest BCUT2D eigenvalue weighted by molar-refractivity contribution is 0.605.